The predicted molar refractivity (Wildman–Crippen MR) is 152 cm³/mol. The molecule has 2 amide bonds. The number of nitrogens with one attached hydrogen (secondary N) is 1. The fraction of sp³-hybridized carbons (Fsp3) is 0.233. The summed E-state index contributed by atoms with van der Waals surface area (Å²) in [7, 11) is 0. The van der Waals surface area contributed by atoms with Crippen molar-refractivity contribution in [1.82, 2.24) is 0 Å². The van der Waals surface area contributed by atoms with E-state index in [0.29, 0.717) is 16.8 Å². The summed E-state index contributed by atoms with van der Waals surface area (Å²) in [5.74, 6) is 0.231. The van der Waals surface area contributed by atoms with Crippen molar-refractivity contribution in [3.05, 3.63) is 101 Å². The topological polar surface area (TPSA) is 61.8 Å². The molecule has 0 radical (unpaired) electrons. The Morgan fingerprint density at radius 1 is 1.06 bits per heavy atom. The average Bonchev–Trinajstić information content (AvgIpc) is 3.18. The summed E-state index contributed by atoms with van der Waals surface area (Å²) in [6, 6.07) is 23.7. The molecule has 0 bridgehead atoms. The van der Waals surface area contributed by atoms with Crippen molar-refractivity contribution in [3.8, 4) is 0 Å². The highest BCUT2D eigenvalue weighted by Crippen LogP contribution is 2.30. The van der Waals surface area contributed by atoms with E-state index >= 15 is 0 Å². The summed E-state index contributed by atoms with van der Waals surface area (Å²) in [6.45, 7) is 8.38. The molecular formula is C30H31N3O2S. The third kappa shape index (κ3) is 6.13. The Balaban J connectivity index is 1.55. The van der Waals surface area contributed by atoms with Crippen molar-refractivity contribution in [3.63, 3.8) is 0 Å². The maximum Gasteiger partial charge on any atom is 0.283 e. The molecule has 0 atom stereocenters. The van der Waals surface area contributed by atoms with Crippen LogP contribution in [0.5, 0.6) is 0 Å². The Labute approximate surface area is 217 Å². The third-order valence-corrected chi connectivity index (χ3v) is 6.92. The van der Waals surface area contributed by atoms with Gasteiger partial charge in [-0.2, -0.15) is 0 Å². The quantitative estimate of drug-likeness (QED) is 0.365. The Bertz CT molecular complexity index is 1310. The van der Waals surface area contributed by atoms with Crippen LogP contribution in [0.3, 0.4) is 0 Å². The Morgan fingerprint density at radius 3 is 2.44 bits per heavy atom. The number of amidine groups is 1. The van der Waals surface area contributed by atoms with E-state index in [2.05, 4.69) is 43.2 Å². The normalized spacial score (nSPS) is 14.5. The minimum Gasteiger partial charge on any atom is -0.325 e. The molecule has 0 aliphatic carbocycles. The molecule has 0 aromatic heterocycles. The lowest BCUT2D eigenvalue weighted by Crippen LogP contribution is -2.31. The van der Waals surface area contributed by atoms with E-state index in [4.69, 9.17) is 0 Å². The molecule has 0 saturated carbocycles. The van der Waals surface area contributed by atoms with Gasteiger partial charge in [0.25, 0.3) is 5.91 Å². The van der Waals surface area contributed by atoms with Crippen LogP contribution in [0.2, 0.25) is 0 Å². The summed E-state index contributed by atoms with van der Waals surface area (Å²) < 4.78 is 0. The van der Waals surface area contributed by atoms with Crippen LogP contribution in [-0.2, 0) is 16.0 Å². The first-order valence-electron chi connectivity index (χ1n) is 12.2. The highest BCUT2D eigenvalue weighted by atomic mass is 32.2. The first-order valence-corrected chi connectivity index (χ1v) is 13.2. The van der Waals surface area contributed by atoms with Gasteiger partial charge in [-0.1, -0.05) is 86.6 Å². The van der Waals surface area contributed by atoms with Gasteiger partial charge < -0.3 is 5.32 Å². The Kier molecular flexibility index (Phi) is 8.06. The van der Waals surface area contributed by atoms with Crippen LogP contribution in [-0.4, -0.2) is 22.7 Å². The minimum absolute atomic E-state index is 0.140. The van der Waals surface area contributed by atoms with Crippen molar-refractivity contribution in [2.24, 2.45) is 4.99 Å². The van der Waals surface area contributed by atoms with Gasteiger partial charge in [0.1, 0.15) is 5.70 Å². The van der Waals surface area contributed by atoms with Gasteiger partial charge in [-0.15, -0.1) is 0 Å². The summed E-state index contributed by atoms with van der Waals surface area (Å²) in [4.78, 5) is 32.3. The van der Waals surface area contributed by atoms with Crippen LogP contribution in [0.4, 0.5) is 11.4 Å². The summed E-state index contributed by atoms with van der Waals surface area (Å²) >= 11 is 1.26. The summed E-state index contributed by atoms with van der Waals surface area (Å²) in [5, 5.41) is 3.44. The monoisotopic (exact) mass is 497 g/mol. The predicted octanol–water partition coefficient (Wildman–Crippen LogP) is 6.80. The van der Waals surface area contributed by atoms with E-state index in [1.165, 1.54) is 17.3 Å². The van der Waals surface area contributed by atoms with Crippen LogP contribution in [0.1, 0.15) is 48.9 Å². The molecule has 5 nitrogen and oxygen atoms in total. The number of hydrogen-bond donors (Lipinski definition) is 1. The molecule has 0 unspecified atom stereocenters. The molecule has 1 aliphatic rings. The molecule has 1 heterocycles. The van der Waals surface area contributed by atoms with E-state index in [-0.39, 0.29) is 17.6 Å². The zero-order valence-electron chi connectivity index (χ0n) is 21.1. The molecule has 0 fully saturated rings. The number of aryl methyl sites for hydroxylation is 2. The van der Waals surface area contributed by atoms with Gasteiger partial charge >= 0.3 is 0 Å². The van der Waals surface area contributed by atoms with E-state index in [9.17, 15) is 9.59 Å². The number of amides is 2. The van der Waals surface area contributed by atoms with Gasteiger partial charge in [0, 0.05) is 5.69 Å². The van der Waals surface area contributed by atoms with E-state index in [1.54, 1.807) is 11.0 Å². The van der Waals surface area contributed by atoms with Crippen LogP contribution < -0.4 is 10.2 Å². The molecule has 3 aromatic carbocycles. The minimum atomic E-state index is -0.203. The van der Waals surface area contributed by atoms with E-state index in [1.807, 2.05) is 67.6 Å². The van der Waals surface area contributed by atoms with Crippen LogP contribution in [0.25, 0.3) is 6.08 Å². The van der Waals surface area contributed by atoms with Crippen LogP contribution >= 0.6 is 11.8 Å². The fourth-order valence-corrected chi connectivity index (χ4v) is 4.66. The average molecular weight is 498 g/mol. The van der Waals surface area contributed by atoms with Gasteiger partial charge in [-0.05, 0) is 66.3 Å². The lowest BCUT2D eigenvalue weighted by Gasteiger charge is -2.18. The number of rotatable bonds is 7. The molecule has 3 aromatic rings. The maximum absolute atomic E-state index is 13.4. The molecule has 4 rings (SSSR count). The first kappa shape index (κ1) is 25.5. The first-order chi connectivity index (χ1) is 17.3. The number of benzene rings is 3. The highest BCUT2D eigenvalue weighted by molar-refractivity contribution is 8.14. The third-order valence-electron chi connectivity index (χ3n) is 5.98. The summed E-state index contributed by atoms with van der Waals surface area (Å²) in [6.07, 6.45) is 2.70. The van der Waals surface area contributed by atoms with E-state index in [0.717, 1.165) is 34.5 Å². The highest BCUT2D eigenvalue weighted by Gasteiger charge is 2.32. The second-order valence-corrected chi connectivity index (χ2v) is 10.1. The second-order valence-electron chi connectivity index (χ2n) is 9.11. The number of anilines is 2. The van der Waals surface area contributed by atoms with Crippen molar-refractivity contribution in [1.29, 1.82) is 0 Å². The number of thioether (sulfide) groups is 1. The van der Waals surface area contributed by atoms with Gasteiger partial charge in [0.2, 0.25) is 5.91 Å². The Morgan fingerprint density at radius 2 is 1.78 bits per heavy atom. The van der Waals surface area contributed by atoms with Gasteiger partial charge in [-0.25, -0.2) is 4.99 Å². The number of nitrogens with zero attached hydrogens (tertiary/aromatic N) is 2. The number of hydrogen-bond acceptors (Lipinski definition) is 4. The lowest BCUT2D eigenvalue weighted by molar-refractivity contribution is -0.114. The molecule has 0 saturated heterocycles. The van der Waals surface area contributed by atoms with Gasteiger partial charge in [0.15, 0.2) is 5.17 Å². The van der Waals surface area contributed by atoms with E-state index < -0.39 is 0 Å². The van der Waals surface area contributed by atoms with Crippen LogP contribution in [0, 0.1) is 6.92 Å². The smallest absolute Gasteiger partial charge is 0.283 e. The molecule has 1 N–H and O–H groups in total. The van der Waals surface area contributed by atoms with Crippen molar-refractivity contribution in [2.45, 2.75) is 40.0 Å². The second kappa shape index (κ2) is 11.4. The number of aliphatic imine (C=N–C) groups is 1. The molecule has 0 spiro atoms. The zero-order chi connectivity index (χ0) is 25.7. The fourth-order valence-electron chi connectivity index (χ4n) is 3.85. The SMILES string of the molecule is CCc1cccc(NC(=O)CSC2=NC(=Cc3ccc(C(C)C)cc3)C(=O)N2c2ccc(C)cc2)c1. The molecule has 6 heteroatoms. The zero-order valence-corrected chi connectivity index (χ0v) is 21.9. The lowest BCUT2D eigenvalue weighted by atomic mass is 10.0. The molecule has 184 valence electrons. The van der Waals surface area contributed by atoms with Crippen molar-refractivity contribution < 1.29 is 9.59 Å². The van der Waals surface area contributed by atoms with Crippen molar-refractivity contribution in [2.75, 3.05) is 16.0 Å². The molecule has 1 aliphatic heterocycles. The number of carbonyl (C=O) groups excluding carboxylic acids is 2. The van der Waals surface area contributed by atoms with Gasteiger partial charge in [-0.3, -0.25) is 14.5 Å². The maximum atomic E-state index is 13.4. The Hall–Kier alpha value is -3.64. The largest absolute Gasteiger partial charge is 0.325 e. The van der Waals surface area contributed by atoms with Crippen LogP contribution in [0.15, 0.2) is 83.5 Å². The summed E-state index contributed by atoms with van der Waals surface area (Å²) in [5.41, 5.74) is 6.27. The van der Waals surface area contributed by atoms with Crippen molar-refractivity contribution >= 4 is 46.2 Å². The number of carbonyl (C=O) groups is 2. The van der Waals surface area contributed by atoms with Gasteiger partial charge in [0.05, 0.1) is 11.4 Å². The standard InChI is InChI=1S/C30H31N3O2S/c1-5-22-7-6-8-25(17-22)31-28(34)19-36-30-32-27(18-23-11-13-24(14-12-23)20(2)3)29(35)33(30)26-15-9-21(4)10-16-26/h6-18,20H,5,19H2,1-4H3,(H,31,34). The molecular weight excluding hydrogens is 466 g/mol. The molecule has 36 heavy (non-hydrogen) atoms.